The molecule has 174 valence electrons. The standard InChI is InChI=1S/C24H31N7O2/c32-24(25-11-4-12-29-15-17-33-18-16-29)20-9-13-30(14-10-20)22-8-7-21-26-27-23(31(21)28-22)19-5-2-1-3-6-19/h1-3,5-8,20H,4,9-18H2,(H,25,32). The molecule has 0 bridgehead atoms. The predicted octanol–water partition coefficient (Wildman–Crippen LogP) is 1.85. The second-order valence-electron chi connectivity index (χ2n) is 8.71. The van der Waals surface area contributed by atoms with Crippen LogP contribution in [0.25, 0.3) is 17.0 Å². The quantitative estimate of drug-likeness (QED) is 0.551. The number of hydrogen-bond acceptors (Lipinski definition) is 7. The number of fused-ring (bicyclic) bond motifs is 1. The maximum Gasteiger partial charge on any atom is 0.223 e. The average Bonchev–Trinajstić information content (AvgIpc) is 3.31. The number of hydrogen-bond donors (Lipinski definition) is 1. The molecule has 1 N–H and O–H groups in total. The second-order valence-corrected chi connectivity index (χ2v) is 8.71. The molecule has 0 spiro atoms. The molecule has 1 amide bonds. The van der Waals surface area contributed by atoms with E-state index in [4.69, 9.17) is 9.84 Å². The number of benzene rings is 1. The summed E-state index contributed by atoms with van der Waals surface area (Å²) in [5.74, 6) is 1.89. The van der Waals surface area contributed by atoms with Crippen LogP contribution in [0, 0.1) is 5.92 Å². The van der Waals surface area contributed by atoms with Crippen molar-refractivity contribution in [1.82, 2.24) is 30.0 Å². The molecule has 0 radical (unpaired) electrons. The zero-order valence-electron chi connectivity index (χ0n) is 18.9. The van der Waals surface area contributed by atoms with Gasteiger partial charge in [0.05, 0.1) is 13.2 Å². The molecule has 9 nitrogen and oxygen atoms in total. The minimum absolute atomic E-state index is 0.0724. The molecule has 4 heterocycles. The number of rotatable bonds is 7. The van der Waals surface area contributed by atoms with E-state index in [9.17, 15) is 4.79 Å². The number of carbonyl (C=O) groups is 1. The van der Waals surface area contributed by atoms with Gasteiger partial charge in [-0.2, -0.15) is 4.52 Å². The number of piperidine rings is 1. The highest BCUT2D eigenvalue weighted by molar-refractivity contribution is 5.79. The maximum absolute atomic E-state index is 12.6. The predicted molar refractivity (Wildman–Crippen MR) is 126 cm³/mol. The van der Waals surface area contributed by atoms with Crippen LogP contribution in [0.5, 0.6) is 0 Å². The molecular weight excluding hydrogens is 418 g/mol. The van der Waals surface area contributed by atoms with Gasteiger partial charge in [-0.3, -0.25) is 9.69 Å². The van der Waals surface area contributed by atoms with E-state index >= 15 is 0 Å². The molecule has 0 saturated carbocycles. The first-order valence-corrected chi connectivity index (χ1v) is 11.9. The van der Waals surface area contributed by atoms with Crippen LogP contribution in [0.1, 0.15) is 19.3 Å². The van der Waals surface area contributed by atoms with Gasteiger partial charge in [0.25, 0.3) is 0 Å². The lowest BCUT2D eigenvalue weighted by Crippen LogP contribution is -2.42. The Morgan fingerprint density at radius 1 is 1.00 bits per heavy atom. The highest BCUT2D eigenvalue weighted by Gasteiger charge is 2.26. The van der Waals surface area contributed by atoms with Crippen molar-refractivity contribution in [2.45, 2.75) is 19.3 Å². The molecule has 0 unspecified atom stereocenters. The number of carbonyl (C=O) groups excluding carboxylic acids is 1. The van der Waals surface area contributed by atoms with Crippen molar-refractivity contribution < 1.29 is 9.53 Å². The summed E-state index contributed by atoms with van der Waals surface area (Å²) in [7, 11) is 0. The molecule has 3 aromatic rings. The van der Waals surface area contributed by atoms with E-state index in [-0.39, 0.29) is 11.8 Å². The number of anilines is 1. The first kappa shape index (κ1) is 21.8. The lowest BCUT2D eigenvalue weighted by Gasteiger charge is -2.32. The van der Waals surface area contributed by atoms with Gasteiger partial charge >= 0.3 is 0 Å². The van der Waals surface area contributed by atoms with Gasteiger partial charge in [-0.1, -0.05) is 30.3 Å². The zero-order chi connectivity index (χ0) is 22.5. The lowest BCUT2D eigenvalue weighted by atomic mass is 9.96. The second kappa shape index (κ2) is 10.3. The number of morpholine rings is 1. The van der Waals surface area contributed by atoms with Crippen LogP contribution in [0.4, 0.5) is 5.82 Å². The summed E-state index contributed by atoms with van der Waals surface area (Å²) >= 11 is 0. The summed E-state index contributed by atoms with van der Waals surface area (Å²) < 4.78 is 7.18. The molecule has 9 heteroatoms. The number of nitrogens with zero attached hydrogens (tertiary/aromatic N) is 6. The fraction of sp³-hybridized carbons (Fsp3) is 0.500. The van der Waals surface area contributed by atoms with Crippen molar-refractivity contribution in [3.05, 3.63) is 42.5 Å². The van der Waals surface area contributed by atoms with Crippen molar-refractivity contribution in [1.29, 1.82) is 0 Å². The van der Waals surface area contributed by atoms with E-state index in [1.807, 2.05) is 42.5 Å². The smallest absolute Gasteiger partial charge is 0.223 e. The van der Waals surface area contributed by atoms with Crippen molar-refractivity contribution in [3.63, 3.8) is 0 Å². The molecule has 33 heavy (non-hydrogen) atoms. The Morgan fingerprint density at radius 3 is 2.58 bits per heavy atom. The van der Waals surface area contributed by atoms with Gasteiger partial charge in [-0.05, 0) is 37.9 Å². The van der Waals surface area contributed by atoms with Crippen LogP contribution in [-0.4, -0.2) is 83.1 Å². The summed E-state index contributed by atoms with van der Waals surface area (Å²) in [6.07, 6.45) is 2.66. The molecule has 5 rings (SSSR count). The highest BCUT2D eigenvalue weighted by atomic mass is 16.5. The monoisotopic (exact) mass is 449 g/mol. The van der Waals surface area contributed by atoms with Crippen LogP contribution in [0.15, 0.2) is 42.5 Å². The Morgan fingerprint density at radius 2 is 1.79 bits per heavy atom. The fourth-order valence-corrected chi connectivity index (χ4v) is 4.57. The molecule has 2 fully saturated rings. The van der Waals surface area contributed by atoms with Crippen molar-refractivity contribution >= 4 is 17.4 Å². The summed E-state index contributed by atoms with van der Waals surface area (Å²) in [6.45, 7) is 7.01. The lowest BCUT2D eigenvalue weighted by molar-refractivity contribution is -0.125. The van der Waals surface area contributed by atoms with Gasteiger partial charge < -0.3 is 15.0 Å². The number of aromatic nitrogens is 4. The molecule has 0 atom stereocenters. The normalized spacial score (nSPS) is 18.0. The van der Waals surface area contributed by atoms with Crippen molar-refractivity contribution in [3.8, 4) is 11.4 Å². The van der Waals surface area contributed by atoms with Crippen LogP contribution in [-0.2, 0) is 9.53 Å². The van der Waals surface area contributed by atoms with E-state index in [0.29, 0.717) is 0 Å². The molecule has 1 aromatic carbocycles. The molecule has 0 aliphatic carbocycles. The number of ether oxygens (including phenoxy) is 1. The maximum atomic E-state index is 12.6. The highest BCUT2D eigenvalue weighted by Crippen LogP contribution is 2.24. The van der Waals surface area contributed by atoms with E-state index in [0.717, 1.165) is 94.6 Å². The Bertz CT molecular complexity index is 1060. The zero-order valence-corrected chi connectivity index (χ0v) is 18.9. The van der Waals surface area contributed by atoms with E-state index in [2.05, 4.69) is 25.3 Å². The van der Waals surface area contributed by atoms with Crippen molar-refractivity contribution in [2.24, 2.45) is 5.92 Å². The molecular formula is C24H31N7O2. The van der Waals surface area contributed by atoms with E-state index < -0.39 is 0 Å². The van der Waals surface area contributed by atoms with Crippen LogP contribution in [0.2, 0.25) is 0 Å². The minimum Gasteiger partial charge on any atom is -0.379 e. The summed E-state index contributed by atoms with van der Waals surface area (Å²) in [5, 5.41) is 16.5. The van der Waals surface area contributed by atoms with Gasteiger partial charge in [-0.25, -0.2) is 0 Å². The molecule has 2 aliphatic rings. The SMILES string of the molecule is O=C(NCCCN1CCOCC1)C1CCN(c2ccc3nnc(-c4ccccc4)n3n2)CC1. The Balaban J connectivity index is 1.13. The molecule has 2 aliphatic heterocycles. The van der Waals surface area contributed by atoms with Crippen LogP contribution < -0.4 is 10.2 Å². The first-order chi connectivity index (χ1) is 16.3. The third-order valence-electron chi connectivity index (χ3n) is 6.52. The molecule has 2 aromatic heterocycles. The number of amides is 1. The Hall–Kier alpha value is -3.04. The first-order valence-electron chi connectivity index (χ1n) is 11.9. The van der Waals surface area contributed by atoms with Crippen LogP contribution >= 0.6 is 0 Å². The van der Waals surface area contributed by atoms with Gasteiger partial charge in [-0.15, -0.1) is 15.3 Å². The van der Waals surface area contributed by atoms with Gasteiger partial charge in [0.15, 0.2) is 11.5 Å². The third-order valence-corrected chi connectivity index (χ3v) is 6.52. The van der Waals surface area contributed by atoms with Crippen molar-refractivity contribution in [2.75, 3.05) is 57.4 Å². The van der Waals surface area contributed by atoms with E-state index in [1.165, 1.54) is 0 Å². The van der Waals surface area contributed by atoms with Gasteiger partial charge in [0.2, 0.25) is 5.91 Å². The minimum atomic E-state index is 0.0724. The fourth-order valence-electron chi connectivity index (χ4n) is 4.57. The third kappa shape index (κ3) is 5.15. The van der Waals surface area contributed by atoms with E-state index in [1.54, 1.807) is 4.52 Å². The van der Waals surface area contributed by atoms with Gasteiger partial charge in [0.1, 0.15) is 5.82 Å². The largest absolute Gasteiger partial charge is 0.379 e. The topological polar surface area (TPSA) is 87.9 Å². The van der Waals surface area contributed by atoms with Crippen LogP contribution in [0.3, 0.4) is 0 Å². The Labute approximate surface area is 193 Å². The molecule has 2 saturated heterocycles. The Kier molecular flexibility index (Phi) is 6.78. The summed E-state index contributed by atoms with van der Waals surface area (Å²) in [5.41, 5.74) is 1.71. The average molecular weight is 450 g/mol. The van der Waals surface area contributed by atoms with Gasteiger partial charge in [0, 0.05) is 44.2 Å². The number of nitrogens with one attached hydrogen (secondary N) is 1. The summed E-state index contributed by atoms with van der Waals surface area (Å²) in [4.78, 5) is 17.3. The summed E-state index contributed by atoms with van der Waals surface area (Å²) in [6, 6.07) is 13.9.